The second-order valence-corrected chi connectivity index (χ2v) is 6.53. The number of ether oxygens (including phenoxy) is 3. The van der Waals surface area contributed by atoms with Gasteiger partial charge < -0.3 is 19.5 Å². The summed E-state index contributed by atoms with van der Waals surface area (Å²) in [7, 11) is 1.68. The highest BCUT2D eigenvalue weighted by atomic mass is 16.5. The van der Waals surface area contributed by atoms with Crippen LogP contribution in [0.1, 0.15) is 29.5 Å². The second kappa shape index (κ2) is 8.88. The molecule has 134 valence electrons. The summed E-state index contributed by atoms with van der Waals surface area (Å²) >= 11 is 0. The maximum Gasteiger partial charge on any atom is 0.161 e. The summed E-state index contributed by atoms with van der Waals surface area (Å²) < 4.78 is 17.1. The third kappa shape index (κ3) is 5.21. The zero-order valence-corrected chi connectivity index (χ0v) is 15.1. The number of benzene rings is 2. The van der Waals surface area contributed by atoms with E-state index in [0.29, 0.717) is 12.7 Å². The summed E-state index contributed by atoms with van der Waals surface area (Å²) in [4.78, 5) is 0. The van der Waals surface area contributed by atoms with E-state index in [1.165, 1.54) is 17.5 Å². The molecule has 0 unspecified atom stereocenters. The lowest BCUT2D eigenvalue weighted by atomic mass is 10.1. The van der Waals surface area contributed by atoms with Gasteiger partial charge in [0.2, 0.25) is 0 Å². The average molecular weight is 341 g/mol. The van der Waals surface area contributed by atoms with Gasteiger partial charge in [-0.3, -0.25) is 0 Å². The van der Waals surface area contributed by atoms with Crippen molar-refractivity contribution in [2.75, 3.05) is 20.3 Å². The Bertz CT molecular complexity index is 663. The molecule has 4 nitrogen and oxygen atoms in total. The van der Waals surface area contributed by atoms with E-state index in [1.807, 2.05) is 12.1 Å². The van der Waals surface area contributed by atoms with E-state index in [4.69, 9.17) is 14.2 Å². The van der Waals surface area contributed by atoms with Crippen molar-refractivity contribution in [3.8, 4) is 11.5 Å². The Labute approximate surface area is 150 Å². The highest BCUT2D eigenvalue weighted by Crippen LogP contribution is 2.29. The van der Waals surface area contributed by atoms with Gasteiger partial charge in [0.05, 0.1) is 13.2 Å². The van der Waals surface area contributed by atoms with Crippen LogP contribution in [-0.4, -0.2) is 26.4 Å². The zero-order chi connectivity index (χ0) is 17.5. The minimum atomic E-state index is 0.360. The fourth-order valence-corrected chi connectivity index (χ4v) is 2.97. The Morgan fingerprint density at radius 2 is 1.88 bits per heavy atom. The van der Waals surface area contributed by atoms with Crippen LogP contribution >= 0.6 is 0 Å². The maximum atomic E-state index is 5.93. The van der Waals surface area contributed by atoms with Crippen LogP contribution in [0.2, 0.25) is 0 Å². The van der Waals surface area contributed by atoms with Crippen molar-refractivity contribution < 1.29 is 14.2 Å². The Balaban J connectivity index is 1.54. The smallest absolute Gasteiger partial charge is 0.161 e. The van der Waals surface area contributed by atoms with Gasteiger partial charge in [-0.15, -0.1) is 0 Å². The summed E-state index contributed by atoms with van der Waals surface area (Å²) in [6.45, 7) is 5.21. The molecule has 1 saturated heterocycles. The molecule has 1 aliphatic rings. The molecule has 1 aliphatic heterocycles. The van der Waals surface area contributed by atoms with Gasteiger partial charge in [-0.25, -0.2) is 0 Å². The average Bonchev–Trinajstić information content (AvgIpc) is 3.15. The van der Waals surface area contributed by atoms with Crippen molar-refractivity contribution in [1.29, 1.82) is 0 Å². The van der Waals surface area contributed by atoms with Crippen LogP contribution in [0.15, 0.2) is 42.5 Å². The van der Waals surface area contributed by atoms with Crippen LogP contribution in [0.5, 0.6) is 11.5 Å². The molecule has 1 N–H and O–H groups in total. The van der Waals surface area contributed by atoms with E-state index in [9.17, 15) is 0 Å². The molecule has 0 bridgehead atoms. The third-order valence-electron chi connectivity index (χ3n) is 4.47. The molecule has 2 aromatic rings. The van der Waals surface area contributed by atoms with Gasteiger partial charge in [0.25, 0.3) is 0 Å². The lowest BCUT2D eigenvalue weighted by molar-refractivity contribution is 0.110. The Hall–Kier alpha value is -2.04. The van der Waals surface area contributed by atoms with E-state index in [-0.39, 0.29) is 0 Å². The number of hydrogen-bond donors (Lipinski definition) is 1. The minimum absolute atomic E-state index is 0.360. The zero-order valence-electron chi connectivity index (χ0n) is 15.1. The Morgan fingerprint density at radius 3 is 2.60 bits per heavy atom. The lowest BCUT2D eigenvalue weighted by Gasteiger charge is -2.14. The van der Waals surface area contributed by atoms with Crippen molar-refractivity contribution in [1.82, 2.24) is 5.32 Å². The maximum absolute atomic E-state index is 5.93. The van der Waals surface area contributed by atoms with Crippen molar-refractivity contribution in [3.63, 3.8) is 0 Å². The standard InChI is InChI=1S/C21H27NO3/c1-16-5-7-17(8-6-16)15-25-20-10-9-18(12-21(20)23-2)13-22-14-19-4-3-11-24-19/h5-10,12,19,22H,3-4,11,13-15H2,1-2H3/t19-/m0/s1. The first kappa shape index (κ1) is 17.8. The second-order valence-electron chi connectivity index (χ2n) is 6.53. The first-order chi connectivity index (χ1) is 12.2. The first-order valence-corrected chi connectivity index (χ1v) is 8.92. The highest BCUT2D eigenvalue weighted by Gasteiger charge is 2.14. The normalized spacial score (nSPS) is 16.8. The highest BCUT2D eigenvalue weighted by molar-refractivity contribution is 5.43. The number of aryl methyl sites for hydroxylation is 1. The molecule has 0 spiro atoms. The number of methoxy groups -OCH3 is 1. The molecule has 0 aromatic heterocycles. The summed E-state index contributed by atoms with van der Waals surface area (Å²) in [5.74, 6) is 1.54. The minimum Gasteiger partial charge on any atom is -0.493 e. The fraction of sp³-hybridized carbons (Fsp3) is 0.429. The number of nitrogens with one attached hydrogen (secondary N) is 1. The molecule has 0 aliphatic carbocycles. The van der Waals surface area contributed by atoms with Gasteiger partial charge in [0.1, 0.15) is 6.61 Å². The van der Waals surface area contributed by atoms with Gasteiger partial charge in [-0.05, 0) is 43.0 Å². The molecule has 0 saturated carbocycles. The molecule has 1 atom stereocenters. The number of hydrogen-bond acceptors (Lipinski definition) is 4. The first-order valence-electron chi connectivity index (χ1n) is 8.92. The molecular formula is C21H27NO3. The topological polar surface area (TPSA) is 39.7 Å². The van der Waals surface area contributed by atoms with Crippen LogP contribution in [-0.2, 0) is 17.9 Å². The SMILES string of the molecule is COc1cc(CNC[C@@H]2CCCO2)ccc1OCc1ccc(C)cc1. The van der Waals surface area contributed by atoms with Crippen molar-refractivity contribution in [3.05, 3.63) is 59.2 Å². The monoisotopic (exact) mass is 341 g/mol. The molecule has 0 radical (unpaired) electrons. The quantitative estimate of drug-likeness (QED) is 0.792. The molecule has 0 amide bonds. The van der Waals surface area contributed by atoms with Gasteiger partial charge in [-0.2, -0.15) is 0 Å². The van der Waals surface area contributed by atoms with E-state index >= 15 is 0 Å². The molecule has 2 aromatic carbocycles. The van der Waals surface area contributed by atoms with Gasteiger partial charge in [0, 0.05) is 19.7 Å². The third-order valence-corrected chi connectivity index (χ3v) is 4.47. The number of rotatable bonds is 8. The molecule has 25 heavy (non-hydrogen) atoms. The van der Waals surface area contributed by atoms with Crippen LogP contribution in [0.25, 0.3) is 0 Å². The van der Waals surface area contributed by atoms with E-state index in [1.54, 1.807) is 7.11 Å². The van der Waals surface area contributed by atoms with Crippen LogP contribution in [0.4, 0.5) is 0 Å². The van der Waals surface area contributed by atoms with Crippen LogP contribution in [0.3, 0.4) is 0 Å². The molecule has 1 fully saturated rings. The van der Waals surface area contributed by atoms with Gasteiger partial charge in [0.15, 0.2) is 11.5 Å². The van der Waals surface area contributed by atoms with Crippen LogP contribution in [0, 0.1) is 6.92 Å². The van der Waals surface area contributed by atoms with E-state index in [0.717, 1.165) is 43.2 Å². The van der Waals surface area contributed by atoms with Gasteiger partial charge >= 0.3 is 0 Å². The van der Waals surface area contributed by atoms with E-state index in [2.05, 4.69) is 42.6 Å². The Kier molecular flexibility index (Phi) is 6.31. The van der Waals surface area contributed by atoms with E-state index < -0.39 is 0 Å². The molecule has 4 heteroatoms. The molecular weight excluding hydrogens is 314 g/mol. The largest absolute Gasteiger partial charge is 0.493 e. The summed E-state index contributed by atoms with van der Waals surface area (Å²) in [5, 5.41) is 3.46. The van der Waals surface area contributed by atoms with Crippen LogP contribution < -0.4 is 14.8 Å². The summed E-state index contributed by atoms with van der Waals surface area (Å²) in [6, 6.07) is 14.5. The summed E-state index contributed by atoms with van der Waals surface area (Å²) in [6.07, 6.45) is 2.69. The predicted molar refractivity (Wildman–Crippen MR) is 99.2 cm³/mol. The van der Waals surface area contributed by atoms with Crippen molar-refractivity contribution in [2.45, 2.75) is 39.0 Å². The molecule has 1 heterocycles. The fourth-order valence-electron chi connectivity index (χ4n) is 2.97. The molecule has 3 rings (SSSR count). The predicted octanol–water partition coefficient (Wildman–Crippen LogP) is 3.85. The van der Waals surface area contributed by atoms with Crippen molar-refractivity contribution in [2.24, 2.45) is 0 Å². The summed E-state index contributed by atoms with van der Waals surface area (Å²) in [5.41, 5.74) is 3.58. The lowest BCUT2D eigenvalue weighted by Crippen LogP contribution is -2.25. The Morgan fingerprint density at radius 1 is 1.08 bits per heavy atom. The van der Waals surface area contributed by atoms with Gasteiger partial charge in [-0.1, -0.05) is 35.9 Å². The van der Waals surface area contributed by atoms with Crippen molar-refractivity contribution >= 4 is 0 Å².